The molecule has 1 heterocycles. The minimum Gasteiger partial charge on any atom is -0.324 e. The first-order chi connectivity index (χ1) is 11.0. The molecule has 6 heteroatoms. The minimum atomic E-state index is -0.291. The second kappa shape index (κ2) is 7.92. The van der Waals surface area contributed by atoms with Gasteiger partial charge in [-0.1, -0.05) is 31.0 Å². The zero-order valence-corrected chi connectivity index (χ0v) is 14.1. The van der Waals surface area contributed by atoms with Crippen molar-refractivity contribution in [3.05, 3.63) is 57.2 Å². The first-order valence-electron chi connectivity index (χ1n) is 7.61. The van der Waals surface area contributed by atoms with Crippen LogP contribution in [0.3, 0.4) is 0 Å². The topological polar surface area (TPSA) is 64.0 Å². The van der Waals surface area contributed by atoms with Crippen molar-refractivity contribution >= 4 is 23.2 Å². The van der Waals surface area contributed by atoms with Gasteiger partial charge in [0.25, 0.3) is 5.56 Å². The molecule has 1 N–H and O–H groups in total. The second-order valence-electron chi connectivity index (χ2n) is 5.46. The van der Waals surface area contributed by atoms with Crippen LogP contribution in [0.5, 0.6) is 0 Å². The Balaban J connectivity index is 2.05. The van der Waals surface area contributed by atoms with Gasteiger partial charge in [0, 0.05) is 22.5 Å². The van der Waals surface area contributed by atoms with Gasteiger partial charge in [-0.2, -0.15) is 0 Å². The molecular formula is C17H20ClN3O2. The number of carbonyl (C=O) groups excluding carboxylic acids is 1. The molecule has 2 rings (SSSR count). The molecule has 0 spiro atoms. The Morgan fingerprint density at radius 3 is 2.83 bits per heavy atom. The lowest BCUT2D eigenvalue weighted by Crippen LogP contribution is -2.28. The smallest absolute Gasteiger partial charge is 0.253 e. The van der Waals surface area contributed by atoms with Crippen LogP contribution >= 0.6 is 11.6 Å². The number of rotatable bonds is 6. The van der Waals surface area contributed by atoms with E-state index in [1.54, 1.807) is 12.1 Å². The van der Waals surface area contributed by atoms with Crippen LogP contribution in [-0.4, -0.2) is 15.5 Å². The molecular weight excluding hydrogens is 314 g/mol. The molecule has 0 aliphatic carbocycles. The molecule has 0 radical (unpaired) electrons. The second-order valence-corrected chi connectivity index (χ2v) is 5.89. The maximum Gasteiger partial charge on any atom is 0.253 e. The van der Waals surface area contributed by atoms with Crippen LogP contribution in [0.15, 0.2) is 35.4 Å². The first-order valence-corrected chi connectivity index (χ1v) is 7.98. The number of carbonyl (C=O) groups is 1. The van der Waals surface area contributed by atoms with Gasteiger partial charge in [0.15, 0.2) is 0 Å². The number of aromatic nitrogens is 2. The number of nitrogens with zero attached hydrogens (tertiary/aromatic N) is 2. The van der Waals surface area contributed by atoms with Crippen molar-refractivity contribution < 1.29 is 4.79 Å². The fraction of sp³-hybridized carbons (Fsp3) is 0.353. The normalized spacial score (nSPS) is 10.6. The Labute approximate surface area is 140 Å². The summed E-state index contributed by atoms with van der Waals surface area (Å²) in [5.41, 5.74) is 2.09. The third kappa shape index (κ3) is 4.93. The molecule has 5 nitrogen and oxygen atoms in total. The number of anilines is 1. The van der Waals surface area contributed by atoms with Gasteiger partial charge in [-0.05, 0) is 37.5 Å². The van der Waals surface area contributed by atoms with Gasteiger partial charge in [0.1, 0.15) is 6.54 Å². The summed E-state index contributed by atoms with van der Waals surface area (Å²) in [6.07, 6.45) is 4.25. The highest BCUT2D eigenvalue weighted by Crippen LogP contribution is 2.20. The molecule has 0 atom stereocenters. The monoisotopic (exact) mass is 333 g/mol. The molecule has 122 valence electrons. The van der Waals surface area contributed by atoms with Crippen LogP contribution in [0, 0.1) is 6.92 Å². The van der Waals surface area contributed by atoms with E-state index in [1.165, 1.54) is 17.0 Å². The number of hydrogen-bond donors (Lipinski definition) is 1. The number of unbranched alkanes of at least 4 members (excludes halogenated alkanes) is 1. The van der Waals surface area contributed by atoms with E-state index in [2.05, 4.69) is 17.2 Å². The Kier molecular flexibility index (Phi) is 5.93. The first kappa shape index (κ1) is 17.2. The maximum atomic E-state index is 12.1. The lowest BCUT2D eigenvalue weighted by molar-refractivity contribution is -0.116. The summed E-state index contributed by atoms with van der Waals surface area (Å²) < 4.78 is 1.30. The van der Waals surface area contributed by atoms with Gasteiger partial charge in [-0.15, -0.1) is 0 Å². The Morgan fingerprint density at radius 1 is 1.35 bits per heavy atom. The quantitative estimate of drug-likeness (QED) is 0.883. The average Bonchev–Trinajstić information content (AvgIpc) is 2.51. The number of halogens is 1. The van der Waals surface area contributed by atoms with Gasteiger partial charge < -0.3 is 5.32 Å². The highest BCUT2D eigenvalue weighted by atomic mass is 35.5. The third-order valence-electron chi connectivity index (χ3n) is 3.51. The van der Waals surface area contributed by atoms with Crippen molar-refractivity contribution in [2.45, 2.75) is 39.7 Å². The summed E-state index contributed by atoms with van der Waals surface area (Å²) in [5.74, 6) is -0.291. The van der Waals surface area contributed by atoms with E-state index >= 15 is 0 Å². The van der Waals surface area contributed by atoms with Gasteiger partial charge in [0.2, 0.25) is 5.91 Å². The lowest BCUT2D eigenvalue weighted by Gasteiger charge is -2.10. The van der Waals surface area contributed by atoms with Gasteiger partial charge in [-0.25, -0.2) is 4.98 Å². The summed E-state index contributed by atoms with van der Waals surface area (Å²) in [4.78, 5) is 28.4. The van der Waals surface area contributed by atoms with Gasteiger partial charge in [0.05, 0.1) is 6.33 Å². The number of nitrogens with one attached hydrogen (secondary N) is 1. The highest BCUT2D eigenvalue weighted by Gasteiger charge is 2.08. The molecule has 0 aliphatic rings. The summed E-state index contributed by atoms with van der Waals surface area (Å²) >= 11 is 5.93. The summed E-state index contributed by atoms with van der Waals surface area (Å²) in [6, 6.07) is 6.77. The Morgan fingerprint density at radius 2 is 2.13 bits per heavy atom. The Hall–Kier alpha value is -2.14. The molecule has 0 aliphatic heterocycles. The number of hydrogen-bond acceptors (Lipinski definition) is 3. The molecule has 0 fully saturated rings. The number of benzene rings is 1. The van der Waals surface area contributed by atoms with E-state index in [9.17, 15) is 9.59 Å². The number of aryl methyl sites for hydroxylation is 2. The van der Waals surface area contributed by atoms with Crippen LogP contribution < -0.4 is 10.9 Å². The molecule has 23 heavy (non-hydrogen) atoms. The van der Waals surface area contributed by atoms with E-state index in [0.29, 0.717) is 10.7 Å². The van der Waals surface area contributed by atoms with Crippen molar-refractivity contribution in [2.75, 3.05) is 5.32 Å². The van der Waals surface area contributed by atoms with Crippen LogP contribution in [0.1, 0.15) is 31.0 Å². The summed E-state index contributed by atoms with van der Waals surface area (Å²) in [7, 11) is 0. The minimum absolute atomic E-state index is 0.0775. The fourth-order valence-corrected chi connectivity index (χ4v) is 2.32. The van der Waals surface area contributed by atoms with E-state index in [4.69, 9.17) is 11.6 Å². The van der Waals surface area contributed by atoms with Crippen molar-refractivity contribution in [1.29, 1.82) is 0 Å². The average molecular weight is 334 g/mol. The zero-order chi connectivity index (χ0) is 16.8. The van der Waals surface area contributed by atoms with Crippen molar-refractivity contribution in [3.8, 4) is 0 Å². The third-order valence-corrected chi connectivity index (χ3v) is 3.75. The van der Waals surface area contributed by atoms with E-state index in [1.807, 2.05) is 13.0 Å². The highest BCUT2D eigenvalue weighted by molar-refractivity contribution is 6.31. The molecule has 0 saturated heterocycles. The Bertz CT molecular complexity index is 756. The van der Waals surface area contributed by atoms with Crippen molar-refractivity contribution in [1.82, 2.24) is 9.55 Å². The largest absolute Gasteiger partial charge is 0.324 e. The molecule has 0 saturated carbocycles. The molecule has 1 amide bonds. The van der Waals surface area contributed by atoms with Gasteiger partial charge >= 0.3 is 0 Å². The van der Waals surface area contributed by atoms with Crippen LogP contribution in [0.25, 0.3) is 0 Å². The van der Waals surface area contributed by atoms with E-state index < -0.39 is 0 Å². The predicted octanol–water partition coefficient (Wildman–Crippen LogP) is 3.19. The molecule has 0 bridgehead atoms. The van der Waals surface area contributed by atoms with Crippen molar-refractivity contribution in [3.63, 3.8) is 0 Å². The summed E-state index contributed by atoms with van der Waals surface area (Å²) in [5, 5.41) is 3.31. The predicted molar refractivity (Wildman–Crippen MR) is 91.9 cm³/mol. The molecule has 1 aromatic carbocycles. The number of amides is 1. The SMILES string of the molecule is CCCCc1cc(=O)n(CC(=O)Nc2cc(Cl)ccc2C)cn1. The standard InChI is InChI=1S/C17H20ClN3O2/c1-3-4-5-14-9-17(23)21(11-19-14)10-16(22)20-15-8-13(18)7-6-12(15)2/h6-9,11H,3-5,10H2,1-2H3,(H,20,22). The van der Waals surface area contributed by atoms with Crippen molar-refractivity contribution in [2.24, 2.45) is 0 Å². The lowest BCUT2D eigenvalue weighted by atomic mass is 10.2. The zero-order valence-electron chi connectivity index (χ0n) is 13.3. The molecule has 1 aromatic heterocycles. The van der Waals surface area contributed by atoms with E-state index in [0.717, 1.165) is 30.5 Å². The van der Waals surface area contributed by atoms with Gasteiger partial charge in [-0.3, -0.25) is 14.2 Å². The van der Waals surface area contributed by atoms with Crippen LogP contribution in [-0.2, 0) is 17.8 Å². The molecule has 0 unspecified atom stereocenters. The summed E-state index contributed by atoms with van der Waals surface area (Å²) in [6.45, 7) is 3.89. The van der Waals surface area contributed by atoms with Crippen LogP contribution in [0.2, 0.25) is 5.02 Å². The maximum absolute atomic E-state index is 12.1. The fourth-order valence-electron chi connectivity index (χ4n) is 2.15. The van der Waals surface area contributed by atoms with E-state index in [-0.39, 0.29) is 18.0 Å². The molecule has 2 aromatic rings. The van der Waals surface area contributed by atoms with Crippen LogP contribution in [0.4, 0.5) is 5.69 Å².